The van der Waals surface area contributed by atoms with Gasteiger partial charge in [-0.25, -0.2) is 16.8 Å². The molecule has 0 radical (unpaired) electrons. The Morgan fingerprint density at radius 3 is 2.02 bits per heavy atom. The molecule has 0 saturated heterocycles. The Kier molecular flexibility index (Phi) is 12.9. The van der Waals surface area contributed by atoms with Gasteiger partial charge in [0, 0.05) is 12.0 Å². The molecular formula is C30H50Na2O10S2. The molecule has 5 aliphatic carbocycles. The molecule has 10 nitrogen and oxygen atoms in total. The van der Waals surface area contributed by atoms with Crippen LogP contribution in [0.3, 0.4) is 0 Å². The van der Waals surface area contributed by atoms with E-state index in [2.05, 4.69) is 34.6 Å². The van der Waals surface area contributed by atoms with Crippen LogP contribution in [-0.4, -0.2) is 61.1 Å². The van der Waals surface area contributed by atoms with Crippen LogP contribution in [0.15, 0.2) is 0 Å². The Labute approximate surface area is 309 Å². The van der Waals surface area contributed by atoms with E-state index in [1.165, 1.54) is 6.42 Å². The van der Waals surface area contributed by atoms with Gasteiger partial charge < -0.3 is 19.3 Å². The molecule has 0 spiro atoms. The van der Waals surface area contributed by atoms with Crippen molar-refractivity contribution in [2.24, 2.45) is 63.6 Å². The summed E-state index contributed by atoms with van der Waals surface area (Å²) < 4.78 is 78.6. The normalized spacial score (nSPS) is 45.7. The molecule has 5 rings (SSSR count). The number of aliphatic hydroxyl groups is 2. The van der Waals surface area contributed by atoms with Crippen LogP contribution in [0.5, 0.6) is 0 Å². The molecule has 13 atom stereocenters. The standard InChI is InChI=1S/C30H52O10S2.2Na/c1-17(2)29(14-19(29)4)10-8-18(3)27-24(32)13-23-21-7-6-20-12-25(39-41(33,34)35)26(40-42(36,37)38)15-28(20,5)22(21)9-11-30(23,27)16-31;;/h17-27,31-32H,6-16H2,1-5H3,(H,33,34,35)(H,36,37,38);;/q;2*+1/p-2/t18?,19?,20-,21+,22-,23-,24-,25-,26-,27-,28-,29?,30+;;/m0../s1. The first-order valence-corrected chi connectivity index (χ1v) is 18.6. The Morgan fingerprint density at radius 1 is 0.909 bits per heavy atom. The van der Waals surface area contributed by atoms with E-state index in [-0.39, 0.29) is 119 Å². The van der Waals surface area contributed by atoms with Crippen molar-refractivity contribution in [2.75, 3.05) is 6.61 Å². The smallest absolute Gasteiger partial charge is 0.726 e. The van der Waals surface area contributed by atoms with Gasteiger partial charge in [-0.2, -0.15) is 0 Å². The maximum Gasteiger partial charge on any atom is 1.00 e. The zero-order valence-electron chi connectivity index (χ0n) is 27.6. The molecule has 44 heavy (non-hydrogen) atoms. The van der Waals surface area contributed by atoms with Crippen molar-refractivity contribution >= 4 is 20.8 Å². The van der Waals surface area contributed by atoms with E-state index in [0.29, 0.717) is 17.8 Å². The second-order valence-electron chi connectivity index (χ2n) is 15.5. The third-order valence-electron chi connectivity index (χ3n) is 13.6. The van der Waals surface area contributed by atoms with Crippen LogP contribution in [0.2, 0.25) is 0 Å². The number of hydrogen-bond acceptors (Lipinski definition) is 10. The second-order valence-corrected chi connectivity index (χ2v) is 17.5. The first kappa shape index (κ1) is 40.1. The first-order valence-electron chi connectivity index (χ1n) is 15.9. The van der Waals surface area contributed by atoms with E-state index in [9.17, 15) is 36.2 Å². The van der Waals surface area contributed by atoms with Gasteiger partial charge in [0.2, 0.25) is 20.8 Å². The van der Waals surface area contributed by atoms with Crippen molar-refractivity contribution in [1.82, 2.24) is 0 Å². The van der Waals surface area contributed by atoms with E-state index in [4.69, 9.17) is 8.37 Å². The minimum Gasteiger partial charge on any atom is -0.726 e. The monoisotopic (exact) mass is 680 g/mol. The summed E-state index contributed by atoms with van der Waals surface area (Å²) in [5.41, 5.74) is -0.472. The second kappa shape index (κ2) is 14.1. The quantitative estimate of drug-likeness (QED) is 0.149. The number of rotatable bonds is 10. The van der Waals surface area contributed by atoms with Crippen LogP contribution in [0.4, 0.5) is 0 Å². The third-order valence-corrected chi connectivity index (χ3v) is 14.5. The Bertz CT molecular complexity index is 1230. The summed E-state index contributed by atoms with van der Waals surface area (Å²) in [6.07, 6.45) is 4.10. The molecule has 0 aromatic heterocycles. The van der Waals surface area contributed by atoms with Gasteiger partial charge in [0.1, 0.15) is 12.2 Å². The van der Waals surface area contributed by atoms with Crippen LogP contribution in [0.1, 0.15) is 98.8 Å². The van der Waals surface area contributed by atoms with Gasteiger partial charge in [-0.3, -0.25) is 8.37 Å². The third kappa shape index (κ3) is 7.39. The number of aliphatic hydroxyl groups excluding tert-OH is 2. The molecule has 244 valence electrons. The fraction of sp³-hybridized carbons (Fsp3) is 1.00. The molecule has 0 amide bonds. The molecule has 14 heteroatoms. The van der Waals surface area contributed by atoms with Gasteiger partial charge in [-0.1, -0.05) is 34.6 Å². The summed E-state index contributed by atoms with van der Waals surface area (Å²) in [4.78, 5) is 0. The molecule has 0 aliphatic heterocycles. The molecule has 0 aromatic rings. The molecular weight excluding hydrogens is 630 g/mol. The average Bonchev–Trinajstić information content (AvgIpc) is 3.43. The van der Waals surface area contributed by atoms with Crippen LogP contribution < -0.4 is 59.1 Å². The van der Waals surface area contributed by atoms with Crippen LogP contribution in [0.25, 0.3) is 0 Å². The van der Waals surface area contributed by atoms with E-state index in [1.54, 1.807) is 0 Å². The Hall–Kier alpha value is 1.66. The zero-order chi connectivity index (χ0) is 31.0. The summed E-state index contributed by atoms with van der Waals surface area (Å²) >= 11 is 0. The molecule has 0 bridgehead atoms. The summed E-state index contributed by atoms with van der Waals surface area (Å²) in [6.45, 7) is 11.3. The Morgan fingerprint density at radius 2 is 1.50 bits per heavy atom. The Balaban J connectivity index is 0.00000264. The molecule has 5 saturated carbocycles. The van der Waals surface area contributed by atoms with Crippen LogP contribution in [0, 0.1) is 63.6 Å². The molecule has 2 N–H and O–H groups in total. The van der Waals surface area contributed by atoms with Crippen molar-refractivity contribution in [3.05, 3.63) is 0 Å². The average molecular weight is 681 g/mol. The maximum atomic E-state index is 11.6. The van der Waals surface area contributed by atoms with Crippen molar-refractivity contribution < 1.29 is 104 Å². The van der Waals surface area contributed by atoms with E-state index < -0.39 is 44.5 Å². The molecule has 3 unspecified atom stereocenters. The molecule has 5 fully saturated rings. The van der Waals surface area contributed by atoms with E-state index in [1.807, 2.05) is 0 Å². The van der Waals surface area contributed by atoms with Crippen molar-refractivity contribution in [2.45, 2.75) is 117 Å². The van der Waals surface area contributed by atoms with Gasteiger partial charge in [-0.05, 0) is 122 Å². The van der Waals surface area contributed by atoms with E-state index >= 15 is 0 Å². The fourth-order valence-electron chi connectivity index (χ4n) is 11.5. The summed E-state index contributed by atoms with van der Waals surface area (Å²) in [6, 6.07) is 0. The number of hydrogen-bond donors (Lipinski definition) is 2. The van der Waals surface area contributed by atoms with Crippen molar-refractivity contribution in [1.29, 1.82) is 0 Å². The molecule has 0 heterocycles. The van der Waals surface area contributed by atoms with Gasteiger partial charge in [0.05, 0.1) is 6.10 Å². The number of fused-ring (bicyclic) bond motifs is 5. The first-order chi connectivity index (χ1) is 19.4. The SMILES string of the molecule is CC(CCC1(C(C)C)CC1C)[C@H]1[C@@H](O)C[C@H]2[C@@H]3CC[C@H]4C[C@H](OS(=O)(=O)[O-])[C@@H](OS(=O)(=O)[O-])C[C@]4(C)[C@H]3CC[C@@]21CO.[Na+].[Na+]. The van der Waals surface area contributed by atoms with Gasteiger partial charge in [0.25, 0.3) is 0 Å². The van der Waals surface area contributed by atoms with Crippen molar-refractivity contribution in [3.63, 3.8) is 0 Å². The fourth-order valence-corrected chi connectivity index (χ4v) is 12.5. The minimum atomic E-state index is -5.17. The van der Waals surface area contributed by atoms with E-state index in [0.717, 1.165) is 44.4 Å². The maximum absolute atomic E-state index is 11.6. The summed E-state index contributed by atoms with van der Waals surface area (Å²) in [5.74, 6) is 1.99. The van der Waals surface area contributed by atoms with Crippen molar-refractivity contribution in [3.8, 4) is 0 Å². The minimum absolute atomic E-state index is 0. The molecule has 0 aromatic carbocycles. The summed E-state index contributed by atoms with van der Waals surface area (Å²) in [7, 11) is -10.3. The van der Waals surface area contributed by atoms with Gasteiger partial charge >= 0.3 is 59.1 Å². The predicted molar refractivity (Wildman–Crippen MR) is 152 cm³/mol. The molecule has 5 aliphatic rings. The zero-order valence-corrected chi connectivity index (χ0v) is 33.2. The van der Waals surface area contributed by atoms with Crippen LogP contribution >= 0.6 is 0 Å². The van der Waals surface area contributed by atoms with Gasteiger partial charge in [0.15, 0.2) is 0 Å². The van der Waals surface area contributed by atoms with Crippen LogP contribution in [-0.2, 0) is 29.2 Å². The predicted octanol–water partition coefficient (Wildman–Crippen LogP) is -2.00. The summed E-state index contributed by atoms with van der Waals surface area (Å²) in [5, 5.41) is 22.6. The topological polar surface area (TPSA) is 173 Å². The van der Waals surface area contributed by atoms with Gasteiger partial charge in [-0.15, -0.1) is 0 Å². The largest absolute Gasteiger partial charge is 1.00 e.